The summed E-state index contributed by atoms with van der Waals surface area (Å²) < 4.78 is 13.4. The number of halogens is 2. The Bertz CT molecular complexity index is 546. The van der Waals surface area contributed by atoms with E-state index >= 15 is 0 Å². The molecule has 0 heterocycles. The van der Waals surface area contributed by atoms with E-state index < -0.39 is 0 Å². The quantitative estimate of drug-likeness (QED) is 0.824. The molecule has 0 radical (unpaired) electrons. The van der Waals surface area contributed by atoms with Crippen molar-refractivity contribution in [3.8, 4) is 0 Å². The van der Waals surface area contributed by atoms with Crippen LogP contribution in [0.25, 0.3) is 0 Å². The van der Waals surface area contributed by atoms with Crippen LogP contribution in [0.4, 0.5) is 10.1 Å². The minimum Gasteiger partial charge on any atom is -0.378 e. The van der Waals surface area contributed by atoms with Gasteiger partial charge in [-0.3, -0.25) is 0 Å². The summed E-state index contributed by atoms with van der Waals surface area (Å²) in [6.07, 6.45) is 2.44. The van der Waals surface area contributed by atoms with Crippen molar-refractivity contribution in [3.05, 3.63) is 64.9 Å². The molecule has 1 aliphatic carbocycles. The normalized spacial score (nSPS) is 16.1. The number of anilines is 1. The van der Waals surface area contributed by atoms with Gasteiger partial charge in [-0.05, 0) is 42.5 Å². The average molecular weight is 276 g/mol. The number of benzene rings is 2. The molecule has 1 fully saturated rings. The van der Waals surface area contributed by atoms with Gasteiger partial charge in [0.2, 0.25) is 0 Å². The van der Waals surface area contributed by atoms with E-state index in [9.17, 15) is 4.39 Å². The number of hydrogen-bond donors (Lipinski definition) is 1. The predicted molar refractivity (Wildman–Crippen MR) is 76.9 cm³/mol. The van der Waals surface area contributed by atoms with Crippen molar-refractivity contribution < 1.29 is 4.39 Å². The van der Waals surface area contributed by atoms with Crippen LogP contribution in [0.5, 0.6) is 0 Å². The summed E-state index contributed by atoms with van der Waals surface area (Å²) in [7, 11) is 0. The van der Waals surface area contributed by atoms with Crippen molar-refractivity contribution in [3.63, 3.8) is 0 Å². The third-order valence-corrected chi connectivity index (χ3v) is 3.66. The molecule has 0 aromatic heterocycles. The molecule has 19 heavy (non-hydrogen) atoms. The maximum absolute atomic E-state index is 13.4. The van der Waals surface area contributed by atoms with Crippen LogP contribution in [-0.4, -0.2) is 0 Å². The Morgan fingerprint density at radius 2 is 1.84 bits per heavy atom. The largest absolute Gasteiger partial charge is 0.378 e. The maximum Gasteiger partial charge on any atom is 0.126 e. The molecule has 0 bridgehead atoms. The van der Waals surface area contributed by atoms with Gasteiger partial charge in [-0.1, -0.05) is 41.9 Å². The molecule has 3 heteroatoms. The summed E-state index contributed by atoms with van der Waals surface area (Å²) in [6, 6.07) is 15.1. The summed E-state index contributed by atoms with van der Waals surface area (Å²) in [5, 5.41) is 3.84. The number of nitrogens with one attached hydrogen (secondary N) is 1. The molecule has 1 aliphatic rings. The minimum absolute atomic E-state index is 0.235. The van der Waals surface area contributed by atoms with E-state index in [4.69, 9.17) is 11.6 Å². The van der Waals surface area contributed by atoms with Crippen LogP contribution in [0.3, 0.4) is 0 Å². The van der Waals surface area contributed by atoms with Gasteiger partial charge in [0.05, 0.1) is 6.04 Å². The van der Waals surface area contributed by atoms with Crippen molar-refractivity contribution in [2.24, 2.45) is 5.92 Å². The van der Waals surface area contributed by atoms with E-state index in [1.807, 2.05) is 18.2 Å². The molecule has 2 aromatic rings. The van der Waals surface area contributed by atoms with E-state index in [0.717, 1.165) is 5.69 Å². The van der Waals surface area contributed by atoms with Crippen molar-refractivity contribution in [1.82, 2.24) is 0 Å². The van der Waals surface area contributed by atoms with E-state index in [1.54, 1.807) is 6.07 Å². The van der Waals surface area contributed by atoms with Crippen LogP contribution in [0.1, 0.15) is 24.4 Å². The SMILES string of the molecule is Fc1cc(Cl)cc(NC(c2ccccc2)C2CC2)c1. The molecule has 3 rings (SSSR count). The topological polar surface area (TPSA) is 12.0 Å². The van der Waals surface area contributed by atoms with Crippen LogP contribution in [0.15, 0.2) is 48.5 Å². The van der Waals surface area contributed by atoms with Gasteiger partial charge in [0.15, 0.2) is 0 Å². The van der Waals surface area contributed by atoms with Gasteiger partial charge < -0.3 is 5.32 Å². The van der Waals surface area contributed by atoms with E-state index in [1.165, 1.54) is 30.5 Å². The molecule has 1 unspecified atom stereocenters. The van der Waals surface area contributed by atoms with Crippen molar-refractivity contribution in [2.45, 2.75) is 18.9 Å². The molecular weight excluding hydrogens is 261 g/mol. The monoisotopic (exact) mass is 275 g/mol. The predicted octanol–water partition coefficient (Wildman–Crippen LogP) is 5.04. The second kappa shape index (κ2) is 5.22. The van der Waals surface area contributed by atoms with Crippen LogP contribution in [0, 0.1) is 11.7 Å². The lowest BCUT2D eigenvalue weighted by atomic mass is 10.0. The van der Waals surface area contributed by atoms with Gasteiger partial charge >= 0.3 is 0 Å². The zero-order valence-corrected chi connectivity index (χ0v) is 11.2. The molecule has 98 valence electrons. The highest BCUT2D eigenvalue weighted by Gasteiger charge is 2.32. The van der Waals surface area contributed by atoms with Gasteiger partial charge in [0, 0.05) is 10.7 Å². The Morgan fingerprint density at radius 1 is 1.11 bits per heavy atom. The zero-order chi connectivity index (χ0) is 13.2. The molecule has 1 N–H and O–H groups in total. The number of rotatable bonds is 4. The fraction of sp³-hybridized carbons (Fsp3) is 0.250. The first kappa shape index (κ1) is 12.5. The average Bonchev–Trinajstić information content (AvgIpc) is 3.20. The summed E-state index contributed by atoms with van der Waals surface area (Å²) in [4.78, 5) is 0. The molecule has 1 atom stereocenters. The van der Waals surface area contributed by atoms with Gasteiger partial charge in [0.1, 0.15) is 5.82 Å². The Kier molecular flexibility index (Phi) is 3.43. The van der Waals surface area contributed by atoms with Gasteiger partial charge in [-0.15, -0.1) is 0 Å². The van der Waals surface area contributed by atoms with E-state index in [0.29, 0.717) is 10.9 Å². The molecule has 1 nitrogen and oxygen atoms in total. The molecular formula is C16H15ClFN. The first-order chi connectivity index (χ1) is 9.22. The lowest BCUT2D eigenvalue weighted by molar-refractivity contribution is 0.626. The Balaban J connectivity index is 1.86. The third kappa shape index (κ3) is 3.07. The fourth-order valence-electron chi connectivity index (χ4n) is 2.38. The van der Waals surface area contributed by atoms with Crippen LogP contribution in [0.2, 0.25) is 5.02 Å². The zero-order valence-electron chi connectivity index (χ0n) is 10.4. The minimum atomic E-state index is -0.308. The molecule has 2 aromatic carbocycles. The Morgan fingerprint density at radius 3 is 2.47 bits per heavy atom. The van der Waals surface area contributed by atoms with Crippen molar-refractivity contribution in [2.75, 3.05) is 5.32 Å². The van der Waals surface area contributed by atoms with Gasteiger partial charge in [-0.25, -0.2) is 4.39 Å². The Labute approximate surface area is 117 Å². The first-order valence-corrected chi connectivity index (χ1v) is 6.88. The fourth-order valence-corrected chi connectivity index (χ4v) is 2.60. The van der Waals surface area contributed by atoms with Crippen LogP contribution >= 0.6 is 11.6 Å². The van der Waals surface area contributed by atoms with Gasteiger partial charge in [0.25, 0.3) is 0 Å². The lowest BCUT2D eigenvalue weighted by Gasteiger charge is -2.20. The lowest BCUT2D eigenvalue weighted by Crippen LogP contribution is -2.12. The highest BCUT2D eigenvalue weighted by Crippen LogP contribution is 2.43. The Hall–Kier alpha value is -1.54. The maximum atomic E-state index is 13.4. The summed E-state index contributed by atoms with van der Waals surface area (Å²) in [5.41, 5.74) is 1.98. The summed E-state index contributed by atoms with van der Waals surface area (Å²) in [5.74, 6) is 0.321. The van der Waals surface area contributed by atoms with Crippen molar-refractivity contribution in [1.29, 1.82) is 0 Å². The highest BCUT2D eigenvalue weighted by molar-refractivity contribution is 6.30. The van der Waals surface area contributed by atoms with Gasteiger partial charge in [-0.2, -0.15) is 0 Å². The van der Waals surface area contributed by atoms with Crippen LogP contribution in [-0.2, 0) is 0 Å². The highest BCUT2D eigenvalue weighted by atomic mass is 35.5. The smallest absolute Gasteiger partial charge is 0.126 e. The standard InChI is InChI=1S/C16H15ClFN/c17-13-8-14(18)10-15(9-13)19-16(12-6-7-12)11-4-2-1-3-5-11/h1-5,8-10,12,16,19H,6-7H2. The molecule has 0 saturated heterocycles. The van der Waals surface area contributed by atoms with Crippen LogP contribution < -0.4 is 5.32 Å². The molecule has 1 saturated carbocycles. The molecule has 0 aliphatic heterocycles. The molecule has 0 spiro atoms. The third-order valence-electron chi connectivity index (χ3n) is 3.44. The first-order valence-electron chi connectivity index (χ1n) is 6.50. The molecule has 0 amide bonds. The second-order valence-corrected chi connectivity index (χ2v) is 5.46. The second-order valence-electron chi connectivity index (χ2n) is 5.03. The van der Waals surface area contributed by atoms with E-state index in [2.05, 4.69) is 17.4 Å². The summed E-state index contributed by atoms with van der Waals surface area (Å²) in [6.45, 7) is 0. The van der Waals surface area contributed by atoms with Crippen molar-refractivity contribution >= 4 is 17.3 Å². The van der Waals surface area contributed by atoms with E-state index in [-0.39, 0.29) is 11.9 Å². The number of hydrogen-bond acceptors (Lipinski definition) is 1. The summed E-state index contributed by atoms with van der Waals surface area (Å²) >= 11 is 5.89.